The zero-order valence-electron chi connectivity index (χ0n) is 10.0. The number of amides is 1. The van der Waals surface area contributed by atoms with Gasteiger partial charge >= 0.3 is 0 Å². The van der Waals surface area contributed by atoms with E-state index < -0.39 is 10.8 Å². The van der Waals surface area contributed by atoms with E-state index >= 15 is 0 Å². The van der Waals surface area contributed by atoms with Crippen LogP contribution in [0.1, 0.15) is 18.4 Å². The van der Waals surface area contributed by atoms with E-state index in [1.807, 2.05) is 0 Å². The lowest BCUT2D eigenvalue weighted by Crippen LogP contribution is -2.30. The van der Waals surface area contributed by atoms with Crippen molar-refractivity contribution >= 4 is 16.7 Å². The van der Waals surface area contributed by atoms with Gasteiger partial charge in [-0.2, -0.15) is 0 Å². The van der Waals surface area contributed by atoms with Gasteiger partial charge in [0.05, 0.1) is 0 Å². The van der Waals surface area contributed by atoms with Crippen LogP contribution < -0.4 is 5.32 Å². The van der Waals surface area contributed by atoms with Crippen LogP contribution in [0.3, 0.4) is 0 Å². The van der Waals surface area contributed by atoms with Crippen molar-refractivity contribution in [2.24, 2.45) is 5.92 Å². The molecule has 0 aromatic heterocycles. The molecule has 0 saturated heterocycles. The first kappa shape index (κ1) is 13.2. The van der Waals surface area contributed by atoms with E-state index in [-0.39, 0.29) is 23.2 Å². The molecule has 1 N–H and O–H groups in total. The summed E-state index contributed by atoms with van der Waals surface area (Å²) in [6, 6.07) is 5.98. The standard InChI is InChI=1S/C13H16FNO2S/c14-12-3-1-2-11(6-12)8-18(17)9-13(16)15-7-10-4-5-10/h1-3,6,10H,4-5,7-9H2,(H,15,16)/t18-/m0/s1. The van der Waals surface area contributed by atoms with Crippen LogP contribution >= 0.6 is 0 Å². The Morgan fingerprint density at radius 2 is 2.22 bits per heavy atom. The lowest BCUT2D eigenvalue weighted by Gasteiger charge is -2.04. The zero-order valence-corrected chi connectivity index (χ0v) is 10.8. The second kappa shape index (κ2) is 6.09. The molecule has 1 amide bonds. The summed E-state index contributed by atoms with van der Waals surface area (Å²) >= 11 is 0. The Labute approximate surface area is 108 Å². The van der Waals surface area contributed by atoms with Crippen LogP contribution in [0.5, 0.6) is 0 Å². The van der Waals surface area contributed by atoms with Gasteiger partial charge in [-0.25, -0.2) is 4.39 Å². The molecule has 1 aromatic rings. The molecule has 1 aromatic carbocycles. The molecule has 1 atom stereocenters. The summed E-state index contributed by atoms with van der Waals surface area (Å²) in [5.41, 5.74) is 0.656. The predicted octanol–water partition coefficient (Wildman–Crippen LogP) is 1.60. The maximum Gasteiger partial charge on any atom is 0.232 e. The van der Waals surface area contributed by atoms with Crippen LogP contribution in [0, 0.1) is 11.7 Å². The van der Waals surface area contributed by atoms with Crippen molar-refractivity contribution in [3.63, 3.8) is 0 Å². The summed E-state index contributed by atoms with van der Waals surface area (Å²) in [7, 11) is -1.28. The molecular formula is C13H16FNO2S. The van der Waals surface area contributed by atoms with Gasteiger partial charge in [0, 0.05) is 23.1 Å². The molecule has 0 bridgehead atoms. The van der Waals surface area contributed by atoms with E-state index in [1.165, 1.54) is 25.0 Å². The third kappa shape index (κ3) is 4.56. The summed E-state index contributed by atoms with van der Waals surface area (Å²) in [4.78, 5) is 11.5. The van der Waals surface area contributed by atoms with Gasteiger partial charge in [0.15, 0.2) is 0 Å². The first-order chi connectivity index (χ1) is 8.63. The molecule has 0 spiro atoms. The van der Waals surface area contributed by atoms with E-state index in [0.29, 0.717) is 18.0 Å². The zero-order chi connectivity index (χ0) is 13.0. The highest BCUT2D eigenvalue weighted by Gasteiger charge is 2.21. The van der Waals surface area contributed by atoms with E-state index in [2.05, 4.69) is 5.32 Å². The Morgan fingerprint density at radius 1 is 1.44 bits per heavy atom. The molecule has 2 rings (SSSR count). The molecular weight excluding hydrogens is 253 g/mol. The summed E-state index contributed by atoms with van der Waals surface area (Å²) in [5, 5.41) is 2.77. The van der Waals surface area contributed by atoms with Crippen LogP contribution in [0.15, 0.2) is 24.3 Å². The minimum absolute atomic E-state index is 0.0107. The Kier molecular flexibility index (Phi) is 4.47. The Balaban J connectivity index is 1.75. The first-order valence-electron chi connectivity index (χ1n) is 5.99. The minimum atomic E-state index is -1.28. The number of rotatable bonds is 6. The maximum atomic E-state index is 12.9. The van der Waals surface area contributed by atoms with E-state index in [4.69, 9.17) is 0 Å². The normalized spacial score (nSPS) is 16.3. The molecule has 0 radical (unpaired) electrons. The SMILES string of the molecule is O=C(C[S@@](=O)Cc1cccc(F)c1)NCC1CC1. The minimum Gasteiger partial charge on any atom is -0.355 e. The van der Waals surface area contributed by atoms with Crippen molar-refractivity contribution in [3.05, 3.63) is 35.6 Å². The van der Waals surface area contributed by atoms with Crippen LogP contribution in [-0.4, -0.2) is 22.4 Å². The summed E-state index contributed by atoms with van der Waals surface area (Å²) in [5.74, 6) is 0.294. The molecule has 18 heavy (non-hydrogen) atoms. The quantitative estimate of drug-likeness (QED) is 0.852. The molecule has 1 fully saturated rings. The molecule has 0 heterocycles. The summed E-state index contributed by atoms with van der Waals surface area (Å²) in [6.45, 7) is 0.690. The van der Waals surface area contributed by atoms with Gasteiger partial charge in [-0.3, -0.25) is 9.00 Å². The smallest absolute Gasteiger partial charge is 0.232 e. The number of benzene rings is 1. The molecule has 5 heteroatoms. The fourth-order valence-electron chi connectivity index (χ4n) is 1.64. The van der Waals surface area contributed by atoms with Crippen molar-refractivity contribution in [1.29, 1.82) is 0 Å². The first-order valence-corrected chi connectivity index (χ1v) is 7.48. The van der Waals surface area contributed by atoms with Crippen molar-refractivity contribution < 1.29 is 13.4 Å². The summed E-state index contributed by atoms with van der Waals surface area (Å²) in [6.07, 6.45) is 2.35. The van der Waals surface area contributed by atoms with E-state index in [0.717, 1.165) is 0 Å². The fourth-order valence-corrected chi connectivity index (χ4v) is 2.69. The highest BCUT2D eigenvalue weighted by Crippen LogP contribution is 2.27. The molecule has 3 nitrogen and oxygen atoms in total. The van der Waals surface area contributed by atoms with Crippen molar-refractivity contribution in [2.75, 3.05) is 12.3 Å². The number of halogens is 1. The van der Waals surface area contributed by atoms with E-state index in [9.17, 15) is 13.4 Å². The number of carbonyl (C=O) groups is 1. The molecule has 98 valence electrons. The highest BCUT2D eigenvalue weighted by atomic mass is 32.2. The lowest BCUT2D eigenvalue weighted by molar-refractivity contribution is -0.118. The van der Waals surface area contributed by atoms with Crippen LogP contribution in [0.2, 0.25) is 0 Å². The third-order valence-corrected chi connectivity index (χ3v) is 4.03. The van der Waals surface area contributed by atoms with E-state index in [1.54, 1.807) is 12.1 Å². The number of carbonyl (C=O) groups excluding carboxylic acids is 1. The average Bonchev–Trinajstić information content (AvgIpc) is 3.09. The van der Waals surface area contributed by atoms with Gasteiger partial charge in [0.25, 0.3) is 0 Å². The topological polar surface area (TPSA) is 46.2 Å². The number of nitrogens with one attached hydrogen (secondary N) is 1. The molecule has 0 aliphatic heterocycles. The Bertz CT molecular complexity index is 460. The van der Waals surface area contributed by atoms with Crippen LogP contribution in [-0.2, 0) is 21.3 Å². The van der Waals surface area contributed by atoms with Gasteiger partial charge in [0.2, 0.25) is 5.91 Å². The van der Waals surface area contributed by atoms with Crippen LogP contribution in [0.25, 0.3) is 0 Å². The summed E-state index contributed by atoms with van der Waals surface area (Å²) < 4.78 is 24.6. The Morgan fingerprint density at radius 3 is 2.89 bits per heavy atom. The van der Waals surface area contributed by atoms with Gasteiger partial charge in [-0.05, 0) is 36.5 Å². The second-order valence-electron chi connectivity index (χ2n) is 4.61. The fraction of sp³-hybridized carbons (Fsp3) is 0.462. The third-order valence-electron chi connectivity index (χ3n) is 2.79. The molecule has 1 aliphatic carbocycles. The molecule has 1 saturated carbocycles. The molecule has 0 unspecified atom stereocenters. The Hall–Kier alpha value is -1.23. The van der Waals surface area contributed by atoms with Gasteiger partial charge in [-0.1, -0.05) is 12.1 Å². The predicted molar refractivity (Wildman–Crippen MR) is 68.8 cm³/mol. The van der Waals surface area contributed by atoms with Crippen molar-refractivity contribution in [3.8, 4) is 0 Å². The molecule has 1 aliphatic rings. The average molecular weight is 269 g/mol. The van der Waals surface area contributed by atoms with Crippen molar-refractivity contribution in [1.82, 2.24) is 5.32 Å². The van der Waals surface area contributed by atoms with Gasteiger partial charge in [-0.15, -0.1) is 0 Å². The second-order valence-corrected chi connectivity index (χ2v) is 6.06. The van der Waals surface area contributed by atoms with Gasteiger partial charge in [0.1, 0.15) is 11.6 Å². The largest absolute Gasteiger partial charge is 0.355 e. The highest BCUT2D eigenvalue weighted by molar-refractivity contribution is 7.84. The van der Waals surface area contributed by atoms with Crippen LogP contribution in [0.4, 0.5) is 4.39 Å². The maximum absolute atomic E-state index is 12.9. The van der Waals surface area contributed by atoms with Gasteiger partial charge < -0.3 is 5.32 Å². The number of hydrogen-bond acceptors (Lipinski definition) is 2. The lowest BCUT2D eigenvalue weighted by atomic mass is 10.2. The number of hydrogen-bond donors (Lipinski definition) is 1. The van der Waals surface area contributed by atoms with Crippen molar-refractivity contribution in [2.45, 2.75) is 18.6 Å². The monoisotopic (exact) mass is 269 g/mol.